The van der Waals surface area contributed by atoms with Gasteiger partial charge >= 0.3 is 6.18 Å². The molecule has 1 unspecified atom stereocenters. The maximum Gasteiger partial charge on any atom is 0.416 e. The van der Waals surface area contributed by atoms with Crippen molar-refractivity contribution in [2.45, 2.75) is 39.0 Å². The Morgan fingerprint density at radius 2 is 1.88 bits per heavy atom. The molecular formula is C12H16F3NO. The van der Waals surface area contributed by atoms with Crippen LogP contribution in [0, 0.1) is 5.92 Å². The van der Waals surface area contributed by atoms with E-state index in [0.29, 0.717) is 0 Å². The predicted octanol–water partition coefficient (Wildman–Crippen LogP) is 3.35. The number of aromatic nitrogens is 1. The third kappa shape index (κ3) is 2.60. The number of halogens is 3. The molecule has 0 radical (unpaired) electrons. The van der Waals surface area contributed by atoms with E-state index >= 15 is 0 Å². The van der Waals surface area contributed by atoms with E-state index in [-0.39, 0.29) is 17.9 Å². The Balaban J connectivity index is 3.40. The van der Waals surface area contributed by atoms with Gasteiger partial charge in [-0.15, -0.1) is 0 Å². The number of rotatable bonds is 3. The summed E-state index contributed by atoms with van der Waals surface area (Å²) in [4.78, 5) is 3.70. The molecule has 1 rings (SSSR count). The normalized spacial score (nSPS) is 16.0. The average molecular weight is 247 g/mol. The highest BCUT2D eigenvalue weighted by atomic mass is 19.4. The van der Waals surface area contributed by atoms with Crippen LogP contribution in [-0.2, 0) is 11.8 Å². The molecule has 0 aliphatic rings. The molecule has 96 valence electrons. The van der Waals surface area contributed by atoms with Crippen LogP contribution in [0.5, 0.6) is 0 Å². The lowest BCUT2D eigenvalue weighted by Crippen LogP contribution is -2.34. The van der Waals surface area contributed by atoms with Crippen LogP contribution < -0.4 is 0 Å². The molecule has 0 bridgehead atoms. The Bertz CT molecular complexity index is 390. The van der Waals surface area contributed by atoms with Gasteiger partial charge in [0.15, 0.2) is 0 Å². The monoisotopic (exact) mass is 247 g/mol. The minimum absolute atomic E-state index is 0.148. The molecule has 1 aromatic rings. The summed E-state index contributed by atoms with van der Waals surface area (Å²) in [6, 6.07) is 0.901. The minimum atomic E-state index is -4.48. The second-order valence-corrected chi connectivity index (χ2v) is 4.35. The number of hydrogen-bond acceptors (Lipinski definition) is 2. The van der Waals surface area contributed by atoms with Gasteiger partial charge in [0.25, 0.3) is 0 Å². The fourth-order valence-corrected chi connectivity index (χ4v) is 1.90. The quantitative estimate of drug-likeness (QED) is 0.888. The maximum absolute atomic E-state index is 12.8. The van der Waals surface area contributed by atoms with Crippen molar-refractivity contribution in [1.29, 1.82) is 0 Å². The summed E-state index contributed by atoms with van der Waals surface area (Å²) in [5.41, 5.74) is -2.46. The van der Waals surface area contributed by atoms with Crippen LogP contribution in [0.3, 0.4) is 0 Å². The highest BCUT2D eigenvalue weighted by molar-refractivity contribution is 5.32. The predicted molar refractivity (Wildman–Crippen MR) is 58.3 cm³/mol. The van der Waals surface area contributed by atoms with Crippen LogP contribution in [0.1, 0.15) is 38.3 Å². The van der Waals surface area contributed by atoms with Crippen molar-refractivity contribution in [2.75, 3.05) is 0 Å². The lowest BCUT2D eigenvalue weighted by molar-refractivity contribution is -0.142. The SMILES string of the molecule is CCC(O)(c1cnccc1C(F)(F)F)C(C)C. The van der Waals surface area contributed by atoms with E-state index in [1.54, 1.807) is 20.8 Å². The molecule has 0 aromatic carbocycles. The number of nitrogens with zero attached hydrogens (tertiary/aromatic N) is 1. The molecule has 1 heterocycles. The largest absolute Gasteiger partial charge is 0.416 e. The molecule has 0 aliphatic carbocycles. The summed E-state index contributed by atoms with van der Waals surface area (Å²) in [5, 5.41) is 10.4. The summed E-state index contributed by atoms with van der Waals surface area (Å²) in [7, 11) is 0. The Hall–Kier alpha value is -1.10. The van der Waals surface area contributed by atoms with Gasteiger partial charge in [-0.05, 0) is 18.4 Å². The van der Waals surface area contributed by atoms with Crippen LogP contribution in [0.15, 0.2) is 18.5 Å². The molecule has 1 N–H and O–H groups in total. The minimum Gasteiger partial charge on any atom is -0.385 e. The molecule has 0 amide bonds. The Morgan fingerprint density at radius 1 is 1.29 bits per heavy atom. The van der Waals surface area contributed by atoms with Crippen LogP contribution in [-0.4, -0.2) is 10.1 Å². The second kappa shape index (κ2) is 4.64. The first-order valence-electron chi connectivity index (χ1n) is 5.47. The molecule has 1 atom stereocenters. The third-order valence-electron chi connectivity index (χ3n) is 3.09. The lowest BCUT2D eigenvalue weighted by atomic mass is 9.80. The van der Waals surface area contributed by atoms with Crippen molar-refractivity contribution in [2.24, 2.45) is 5.92 Å². The highest BCUT2D eigenvalue weighted by Gasteiger charge is 2.41. The topological polar surface area (TPSA) is 33.1 Å². The van der Waals surface area contributed by atoms with Crippen LogP contribution in [0.25, 0.3) is 0 Å². The number of aliphatic hydroxyl groups is 1. The van der Waals surface area contributed by atoms with E-state index in [9.17, 15) is 18.3 Å². The zero-order chi connectivity index (χ0) is 13.3. The van der Waals surface area contributed by atoms with Crippen LogP contribution in [0.2, 0.25) is 0 Å². The van der Waals surface area contributed by atoms with E-state index in [1.807, 2.05) is 0 Å². The zero-order valence-corrected chi connectivity index (χ0v) is 10.0. The molecule has 0 fully saturated rings. The molecular weight excluding hydrogens is 231 g/mol. The van der Waals surface area contributed by atoms with Crippen molar-refractivity contribution >= 4 is 0 Å². The van der Waals surface area contributed by atoms with Gasteiger partial charge in [-0.3, -0.25) is 4.98 Å². The van der Waals surface area contributed by atoms with Gasteiger partial charge in [0.1, 0.15) is 0 Å². The highest BCUT2D eigenvalue weighted by Crippen LogP contribution is 2.40. The van der Waals surface area contributed by atoms with Crippen LogP contribution >= 0.6 is 0 Å². The van der Waals surface area contributed by atoms with Crippen molar-refractivity contribution in [3.05, 3.63) is 29.6 Å². The fraction of sp³-hybridized carbons (Fsp3) is 0.583. The van der Waals surface area contributed by atoms with Gasteiger partial charge < -0.3 is 5.11 Å². The molecule has 5 heteroatoms. The Labute approximate surface area is 98.5 Å². The Morgan fingerprint density at radius 3 is 2.29 bits per heavy atom. The standard InChI is InChI=1S/C12H16F3NO/c1-4-11(17,8(2)3)10-7-16-6-5-9(10)12(13,14)15/h5-8,17H,4H2,1-3H3. The van der Waals surface area contributed by atoms with Gasteiger partial charge in [-0.1, -0.05) is 20.8 Å². The summed E-state index contributed by atoms with van der Waals surface area (Å²) < 4.78 is 38.5. The third-order valence-corrected chi connectivity index (χ3v) is 3.09. The number of alkyl halides is 3. The zero-order valence-electron chi connectivity index (χ0n) is 10.0. The van der Waals surface area contributed by atoms with Crippen molar-refractivity contribution in [3.8, 4) is 0 Å². The molecule has 2 nitrogen and oxygen atoms in total. The van der Waals surface area contributed by atoms with Gasteiger partial charge in [0.2, 0.25) is 0 Å². The molecule has 0 saturated heterocycles. The van der Waals surface area contributed by atoms with Gasteiger partial charge in [0, 0.05) is 18.0 Å². The molecule has 0 saturated carbocycles. The molecule has 17 heavy (non-hydrogen) atoms. The van der Waals surface area contributed by atoms with E-state index in [4.69, 9.17) is 0 Å². The molecule has 1 aromatic heterocycles. The Kier molecular flexibility index (Phi) is 3.81. The van der Waals surface area contributed by atoms with Gasteiger partial charge in [-0.25, -0.2) is 0 Å². The van der Waals surface area contributed by atoms with Crippen molar-refractivity contribution in [3.63, 3.8) is 0 Å². The maximum atomic E-state index is 12.8. The first-order chi connectivity index (χ1) is 7.73. The average Bonchev–Trinajstić information content (AvgIpc) is 2.26. The van der Waals surface area contributed by atoms with E-state index in [0.717, 1.165) is 18.5 Å². The first-order valence-corrected chi connectivity index (χ1v) is 5.47. The van der Waals surface area contributed by atoms with Crippen molar-refractivity contribution in [1.82, 2.24) is 4.98 Å². The fourth-order valence-electron chi connectivity index (χ4n) is 1.90. The van der Waals surface area contributed by atoms with E-state index in [1.165, 1.54) is 0 Å². The van der Waals surface area contributed by atoms with Gasteiger partial charge in [0.05, 0.1) is 11.2 Å². The summed E-state index contributed by atoms with van der Waals surface area (Å²) >= 11 is 0. The van der Waals surface area contributed by atoms with E-state index < -0.39 is 17.3 Å². The summed E-state index contributed by atoms with van der Waals surface area (Å²) in [6.07, 6.45) is -2.08. The second-order valence-electron chi connectivity index (χ2n) is 4.35. The summed E-state index contributed by atoms with van der Waals surface area (Å²) in [5.74, 6) is -0.321. The smallest absolute Gasteiger partial charge is 0.385 e. The van der Waals surface area contributed by atoms with E-state index in [2.05, 4.69) is 4.98 Å². The summed E-state index contributed by atoms with van der Waals surface area (Å²) in [6.45, 7) is 5.04. The number of hydrogen-bond donors (Lipinski definition) is 1. The van der Waals surface area contributed by atoms with Crippen LogP contribution in [0.4, 0.5) is 13.2 Å². The number of pyridine rings is 1. The molecule has 0 spiro atoms. The first kappa shape index (κ1) is 14.0. The molecule has 0 aliphatic heterocycles. The van der Waals surface area contributed by atoms with Crippen molar-refractivity contribution < 1.29 is 18.3 Å². The van der Waals surface area contributed by atoms with Gasteiger partial charge in [-0.2, -0.15) is 13.2 Å². The lowest BCUT2D eigenvalue weighted by Gasteiger charge is -2.33.